The minimum Gasteiger partial charge on any atom is -0.322 e. The highest BCUT2D eigenvalue weighted by atomic mass is 16.1. The molecule has 1 aliphatic heterocycles. The predicted octanol–water partition coefficient (Wildman–Crippen LogP) is 4.54. The zero-order valence-electron chi connectivity index (χ0n) is 13.9. The molecule has 0 fully saturated rings. The molecule has 0 saturated carbocycles. The van der Waals surface area contributed by atoms with Crippen LogP contribution in [0.15, 0.2) is 40.2 Å². The lowest BCUT2D eigenvalue weighted by Crippen LogP contribution is -2.28. The summed E-state index contributed by atoms with van der Waals surface area (Å²) in [5.41, 5.74) is 3.75. The Bertz CT molecular complexity index is 698. The maximum Gasteiger partial charge on any atom is 0.255 e. The van der Waals surface area contributed by atoms with Gasteiger partial charge in [0.1, 0.15) is 5.54 Å². The van der Waals surface area contributed by atoms with Crippen molar-refractivity contribution in [3.8, 4) is 0 Å². The monoisotopic (exact) mass is 297 g/mol. The minimum atomic E-state index is -0.549. The fraction of sp³-hybridized carbons (Fsp3) is 0.500. The van der Waals surface area contributed by atoms with Crippen molar-refractivity contribution in [2.24, 2.45) is 10.2 Å². The van der Waals surface area contributed by atoms with Gasteiger partial charge in [0.2, 0.25) is 0 Å². The van der Waals surface area contributed by atoms with Crippen molar-refractivity contribution in [3.05, 3.63) is 41.1 Å². The fourth-order valence-electron chi connectivity index (χ4n) is 3.74. The molecular weight excluding hydrogens is 274 g/mol. The maximum absolute atomic E-state index is 12.6. The molecular formula is C18H23N3O. The van der Waals surface area contributed by atoms with E-state index in [0.29, 0.717) is 11.5 Å². The average Bonchev–Trinajstić information content (AvgIpc) is 2.87. The molecule has 1 aromatic carbocycles. The number of carbonyl (C=O) groups excluding carboxylic acids is 1. The van der Waals surface area contributed by atoms with Crippen LogP contribution >= 0.6 is 0 Å². The van der Waals surface area contributed by atoms with Gasteiger partial charge in [-0.1, -0.05) is 32.9 Å². The Kier molecular flexibility index (Phi) is 3.24. The van der Waals surface area contributed by atoms with E-state index in [1.165, 1.54) is 11.1 Å². The SMILES string of the molecule is CC1CC(C)(C)c2cccc(NC(=O)C3=CN=NC3(C)C)c21. The third kappa shape index (κ3) is 2.27. The van der Waals surface area contributed by atoms with E-state index >= 15 is 0 Å². The third-order valence-electron chi connectivity index (χ3n) is 4.79. The van der Waals surface area contributed by atoms with E-state index in [-0.39, 0.29) is 11.3 Å². The molecule has 3 rings (SSSR count). The molecule has 1 atom stereocenters. The van der Waals surface area contributed by atoms with Gasteiger partial charge in [-0.05, 0) is 48.8 Å². The number of rotatable bonds is 2. The zero-order chi connectivity index (χ0) is 16.1. The second kappa shape index (κ2) is 4.77. The molecule has 0 aromatic heterocycles. The molecule has 0 spiro atoms. The first-order chi connectivity index (χ1) is 10.2. The van der Waals surface area contributed by atoms with Gasteiger partial charge in [0.05, 0.1) is 11.8 Å². The Morgan fingerprint density at radius 3 is 2.64 bits per heavy atom. The highest BCUT2D eigenvalue weighted by Crippen LogP contribution is 2.48. The second-order valence-electron chi connectivity index (χ2n) is 7.53. The van der Waals surface area contributed by atoms with Crippen LogP contribution in [0.5, 0.6) is 0 Å². The number of amides is 1. The first-order valence-corrected chi connectivity index (χ1v) is 7.80. The van der Waals surface area contributed by atoms with Crippen molar-refractivity contribution in [2.75, 3.05) is 5.32 Å². The zero-order valence-corrected chi connectivity index (χ0v) is 13.9. The van der Waals surface area contributed by atoms with Crippen molar-refractivity contribution in [2.45, 2.75) is 57.9 Å². The number of carbonyl (C=O) groups is 1. The number of nitrogens with zero attached hydrogens (tertiary/aromatic N) is 2. The van der Waals surface area contributed by atoms with E-state index in [4.69, 9.17) is 0 Å². The topological polar surface area (TPSA) is 53.8 Å². The Hall–Kier alpha value is -1.97. The Balaban J connectivity index is 1.93. The Morgan fingerprint density at radius 2 is 2.00 bits per heavy atom. The fourth-order valence-corrected chi connectivity index (χ4v) is 3.74. The van der Waals surface area contributed by atoms with E-state index in [9.17, 15) is 4.79 Å². The number of fused-ring (bicyclic) bond motifs is 1. The summed E-state index contributed by atoms with van der Waals surface area (Å²) in [6, 6.07) is 6.19. The quantitative estimate of drug-likeness (QED) is 0.856. The van der Waals surface area contributed by atoms with Crippen molar-refractivity contribution >= 4 is 11.6 Å². The molecule has 1 amide bonds. The lowest BCUT2D eigenvalue weighted by Gasteiger charge is -2.20. The van der Waals surface area contributed by atoms with Crippen molar-refractivity contribution < 1.29 is 4.79 Å². The Morgan fingerprint density at radius 1 is 1.27 bits per heavy atom. The lowest BCUT2D eigenvalue weighted by atomic mass is 9.86. The smallest absolute Gasteiger partial charge is 0.255 e. The van der Waals surface area contributed by atoms with Gasteiger partial charge in [0.25, 0.3) is 5.91 Å². The van der Waals surface area contributed by atoms with Gasteiger partial charge >= 0.3 is 0 Å². The van der Waals surface area contributed by atoms with E-state index in [0.717, 1.165) is 12.1 Å². The van der Waals surface area contributed by atoms with Crippen LogP contribution in [0.3, 0.4) is 0 Å². The third-order valence-corrected chi connectivity index (χ3v) is 4.79. The number of benzene rings is 1. The molecule has 116 valence electrons. The summed E-state index contributed by atoms with van der Waals surface area (Å²) < 4.78 is 0. The lowest BCUT2D eigenvalue weighted by molar-refractivity contribution is -0.113. The summed E-state index contributed by atoms with van der Waals surface area (Å²) in [5.74, 6) is 0.335. The number of hydrogen-bond donors (Lipinski definition) is 1. The summed E-state index contributed by atoms with van der Waals surface area (Å²) in [5, 5.41) is 11.1. The molecule has 2 aliphatic rings. The number of nitrogens with one attached hydrogen (secondary N) is 1. The van der Waals surface area contributed by atoms with E-state index in [2.05, 4.69) is 42.4 Å². The molecule has 22 heavy (non-hydrogen) atoms. The molecule has 1 aromatic rings. The molecule has 1 unspecified atom stereocenters. The minimum absolute atomic E-state index is 0.111. The first kappa shape index (κ1) is 14.9. The standard InChI is InChI=1S/C18H23N3O/c1-11-9-17(2,3)12-7-6-8-14(15(11)12)20-16(22)13-10-19-21-18(13,4)5/h6-8,10-11H,9H2,1-5H3,(H,20,22). The molecule has 0 radical (unpaired) electrons. The van der Waals surface area contributed by atoms with Gasteiger partial charge in [-0.3, -0.25) is 4.79 Å². The Labute approximate surface area is 131 Å². The summed E-state index contributed by atoms with van der Waals surface area (Å²) in [6.07, 6.45) is 2.67. The van der Waals surface area contributed by atoms with Crippen molar-refractivity contribution in [3.63, 3.8) is 0 Å². The highest BCUT2D eigenvalue weighted by molar-refractivity contribution is 6.06. The van der Waals surface area contributed by atoms with Gasteiger partial charge in [0.15, 0.2) is 0 Å². The van der Waals surface area contributed by atoms with Gasteiger partial charge in [-0.25, -0.2) is 0 Å². The van der Waals surface area contributed by atoms with Crippen LogP contribution < -0.4 is 5.32 Å². The predicted molar refractivity (Wildman–Crippen MR) is 88.1 cm³/mol. The van der Waals surface area contributed by atoms with Crippen LogP contribution in [-0.2, 0) is 10.2 Å². The van der Waals surface area contributed by atoms with Crippen LogP contribution in [0.25, 0.3) is 0 Å². The average molecular weight is 297 g/mol. The van der Waals surface area contributed by atoms with E-state index in [1.807, 2.05) is 26.0 Å². The molecule has 0 bridgehead atoms. The maximum atomic E-state index is 12.6. The van der Waals surface area contributed by atoms with Crippen LogP contribution in [0.4, 0.5) is 5.69 Å². The molecule has 4 nitrogen and oxygen atoms in total. The van der Waals surface area contributed by atoms with Crippen LogP contribution in [0.1, 0.15) is 58.1 Å². The highest BCUT2D eigenvalue weighted by Gasteiger charge is 2.37. The normalized spacial score (nSPS) is 24.0. The molecule has 1 heterocycles. The van der Waals surface area contributed by atoms with Gasteiger partial charge in [-0.15, -0.1) is 0 Å². The van der Waals surface area contributed by atoms with Crippen molar-refractivity contribution in [1.29, 1.82) is 0 Å². The molecule has 1 N–H and O–H groups in total. The van der Waals surface area contributed by atoms with Gasteiger partial charge < -0.3 is 5.32 Å². The van der Waals surface area contributed by atoms with Crippen LogP contribution in [0, 0.1) is 0 Å². The summed E-state index contributed by atoms with van der Waals surface area (Å²) >= 11 is 0. The van der Waals surface area contributed by atoms with Gasteiger partial charge in [-0.2, -0.15) is 10.2 Å². The largest absolute Gasteiger partial charge is 0.322 e. The van der Waals surface area contributed by atoms with Crippen LogP contribution in [-0.4, -0.2) is 11.4 Å². The molecule has 4 heteroatoms. The molecule has 0 saturated heterocycles. The summed E-state index contributed by atoms with van der Waals surface area (Å²) in [4.78, 5) is 12.6. The number of azo groups is 1. The van der Waals surface area contributed by atoms with Crippen LogP contribution in [0.2, 0.25) is 0 Å². The summed E-state index contributed by atoms with van der Waals surface area (Å²) in [7, 11) is 0. The second-order valence-corrected chi connectivity index (χ2v) is 7.53. The van der Waals surface area contributed by atoms with E-state index < -0.39 is 5.54 Å². The van der Waals surface area contributed by atoms with Gasteiger partial charge in [0, 0.05) is 5.69 Å². The van der Waals surface area contributed by atoms with Crippen molar-refractivity contribution in [1.82, 2.24) is 0 Å². The number of anilines is 1. The number of hydrogen-bond acceptors (Lipinski definition) is 3. The summed E-state index contributed by atoms with van der Waals surface area (Å²) in [6.45, 7) is 10.6. The molecule has 1 aliphatic carbocycles. The van der Waals surface area contributed by atoms with E-state index in [1.54, 1.807) is 6.20 Å². The first-order valence-electron chi connectivity index (χ1n) is 7.80.